The van der Waals surface area contributed by atoms with Crippen molar-refractivity contribution in [3.05, 3.63) is 23.0 Å². The van der Waals surface area contributed by atoms with Gasteiger partial charge in [-0.15, -0.1) is 13.2 Å². The normalized spacial score (nSPS) is 11.4. The van der Waals surface area contributed by atoms with Crippen LogP contribution >= 0.6 is 11.6 Å². The van der Waals surface area contributed by atoms with E-state index in [0.29, 0.717) is 12.1 Å². The Morgan fingerprint density at radius 1 is 1.25 bits per heavy atom. The van der Waals surface area contributed by atoms with Crippen LogP contribution in [0.4, 0.5) is 17.6 Å². The molecule has 16 heavy (non-hydrogen) atoms. The van der Waals surface area contributed by atoms with Gasteiger partial charge in [0.15, 0.2) is 11.6 Å². The summed E-state index contributed by atoms with van der Waals surface area (Å²) in [6.07, 6.45) is -5.05. The molecule has 1 aromatic carbocycles. The van der Waals surface area contributed by atoms with Gasteiger partial charge >= 0.3 is 13.5 Å². The number of benzene rings is 1. The first-order chi connectivity index (χ1) is 7.20. The summed E-state index contributed by atoms with van der Waals surface area (Å²) in [6.45, 7) is 0. The van der Waals surface area contributed by atoms with Crippen molar-refractivity contribution in [3.63, 3.8) is 0 Å². The summed E-state index contributed by atoms with van der Waals surface area (Å²) in [7, 11) is -2.08. The van der Waals surface area contributed by atoms with Crippen molar-refractivity contribution in [1.29, 1.82) is 0 Å². The maximum absolute atomic E-state index is 13.0. The molecule has 0 aliphatic carbocycles. The molecule has 0 heterocycles. The molecule has 88 valence electrons. The molecule has 0 fully saturated rings. The fourth-order valence-corrected chi connectivity index (χ4v) is 1.20. The second kappa shape index (κ2) is 4.48. The summed E-state index contributed by atoms with van der Waals surface area (Å²) >= 11 is 5.39. The maximum Gasteiger partial charge on any atom is 0.573 e. The van der Waals surface area contributed by atoms with Gasteiger partial charge in [0.1, 0.15) is 0 Å². The molecule has 9 heteroatoms. The van der Waals surface area contributed by atoms with Gasteiger partial charge in [0, 0.05) is 16.6 Å². The molecular formula is C7H4BClF4O3. The average molecular weight is 258 g/mol. The molecule has 0 unspecified atom stereocenters. The lowest BCUT2D eigenvalue weighted by atomic mass is 9.80. The van der Waals surface area contributed by atoms with Gasteiger partial charge in [-0.05, 0) is 6.07 Å². The Hall–Kier alpha value is -0.985. The largest absolute Gasteiger partial charge is 0.573 e. The van der Waals surface area contributed by atoms with Crippen LogP contribution in [0, 0.1) is 5.82 Å². The maximum atomic E-state index is 13.0. The summed E-state index contributed by atoms with van der Waals surface area (Å²) in [6, 6.07) is 0.966. The third-order valence-corrected chi connectivity index (χ3v) is 1.88. The second-order valence-corrected chi connectivity index (χ2v) is 3.13. The third kappa shape index (κ3) is 3.26. The van der Waals surface area contributed by atoms with Crippen LogP contribution in [0.3, 0.4) is 0 Å². The van der Waals surface area contributed by atoms with Crippen LogP contribution in [0.5, 0.6) is 5.75 Å². The van der Waals surface area contributed by atoms with Gasteiger partial charge in [-0.3, -0.25) is 0 Å². The highest BCUT2D eigenvalue weighted by Crippen LogP contribution is 2.27. The Kier molecular flexibility index (Phi) is 3.66. The molecule has 0 aliphatic rings. The summed E-state index contributed by atoms with van der Waals surface area (Å²) in [5.74, 6) is -2.54. The number of hydrogen-bond acceptors (Lipinski definition) is 3. The van der Waals surface area contributed by atoms with Crippen LogP contribution in [0.15, 0.2) is 12.1 Å². The van der Waals surface area contributed by atoms with E-state index in [1.54, 1.807) is 0 Å². The van der Waals surface area contributed by atoms with Crippen molar-refractivity contribution < 1.29 is 32.3 Å². The predicted molar refractivity (Wildman–Crippen MR) is 47.9 cm³/mol. The van der Waals surface area contributed by atoms with Crippen molar-refractivity contribution in [1.82, 2.24) is 0 Å². The average Bonchev–Trinajstić information content (AvgIpc) is 2.07. The zero-order chi connectivity index (χ0) is 12.5. The topological polar surface area (TPSA) is 49.7 Å². The van der Waals surface area contributed by atoms with E-state index >= 15 is 0 Å². The van der Waals surface area contributed by atoms with Crippen LogP contribution in [0.25, 0.3) is 0 Å². The van der Waals surface area contributed by atoms with Gasteiger partial charge in [-0.1, -0.05) is 11.6 Å². The van der Waals surface area contributed by atoms with E-state index in [2.05, 4.69) is 4.74 Å². The highest BCUT2D eigenvalue weighted by atomic mass is 35.5. The van der Waals surface area contributed by atoms with Gasteiger partial charge in [0.2, 0.25) is 0 Å². The minimum Gasteiger partial charge on any atom is -0.423 e. The first-order valence-corrected chi connectivity index (χ1v) is 4.19. The number of rotatable bonds is 2. The third-order valence-electron chi connectivity index (χ3n) is 1.56. The van der Waals surface area contributed by atoms with E-state index in [1.807, 2.05) is 0 Å². The Bertz CT molecular complexity index is 396. The minimum atomic E-state index is -5.05. The number of ether oxygens (including phenoxy) is 1. The van der Waals surface area contributed by atoms with E-state index < -0.39 is 35.5 Å². The lowest BCUT2D eigenvalue weighted by Crippen LogP contribution is -2.31. The Morgan fingerprint density at radius 3 is 2.25 bits per heavy atom. The molecule has 0 radical (unpaired) electrons. The van der Waals surface area contributed by atoms with E-state index in [0.717, 1.165) is 0 Å². The molecule has 1 aromatic rings. The molecule has 2 N–H and O–H groups in total. The van der Waals surface area contributed by atoms with Crippen molar-refractivity contribution >= 4 is 24.2 Å². The molecule has 0 aromatic heterocycles. The quantitative estimate of drug-likeness (QED) is 0.616. The molecule has 0 spiro atoms. The smallest absolute Gasteiger partial charge is 0.423 e. The highest BCUT2D eigenvalue weighted by molar-refractivity contribution is 6.62. The lowest BCUT2D eigenvalue weighted by molar-refractivity contribution is -0.275. The number of halogens is 5. The molecule has 3 nitrogen and oxygen atoms in total. The predicted octanol–water partition coefficient (Wildman–Crippen LogP) is 1.06. The first-order valence-electron chi connectivity index (χ1n) is 3.81. The minimum absolute atomic E-state index is 0.448. The first kappa shape index (κ1) is 13.1. The van der Waals surface area contributed by atoms with Crippen LogP contribution in [0.2, 0.25) is 5.02 Å². The SMILES string of the molecule is OB(O)c1cc(F)c(OC(F)(F)F)cc1Cl. The van der Waals surface area contributed by atoms with Crippen molar-refractivity contribution in [2.75, 3.05) is 0 Å². The monoisotopic (exact) mass is 258 g/mol. The standard InChI is InChI=1S/C7H4BClF4O3/c9-4-2-6(16-7(11,12)13)5(10)1-3(4)8(14)15/h1-2,14-15H. The van der Waals surface area contributed by atoms with E-state index in [9.17, 15) is 17.6 Å². The summed E-state index contributed by atoms with van der Waals surface area (Å²) in [5, 5.41) is 16.9. The summed E-state index contributed by atoms with van der Waals surface area (Å²) < 4.78 is 51.7. The number of alkyl halides is 3. The van der Waals surface area contributed by atoms with E-state index in [1.165, 1.54) is 0 Å². The zero-order valence-corrected chi connectivity index (χ0v) is 8.18. The van der Waals surface area contributed by atoms with Crippen LogP contribution in [-0.2, 0) is 0 Å². The van der Waals surface area contributed by atoms with E-state index in [4.69, 9.17) is 21.6 Å². The molecule has 0 atom stereocenters. The van der Waals surface area contributed by atoms with Gasteiger partial charge in [-0.25, -0.2) is 4.39 Å². The van der Waals surface area contributed by atoms with Gasteiger partial charge in [0.05, 0.1) is 0 Å². The van der Waals surface area contributed by atoms with Gasteiger partial charge in [-0.2, -0.15) is 0 Å². The fraction of sp³-hybridized carbons (Fsp3) is 0.143. The Morgan fingerprint density at radius 2 is 1.81 bits per heavy atom. The molecule has 0 bridgehead atoms. The van der Waals surface area contributed by atoms with Crippen LogP contribution < -0.4 is 10.2 Å². The lowest BCUT2D eigenvalue weighted by Gasteiger charge is -2.11. The molecule has 0 aliphatic heterocycles. The van der Waals surface area contributed by atoms with Crippen molar-refractivity contribution in [3.8, 4) is 5.75 Å². The highest BCUT2D eigenvalue weighted by Gasteiger charge is 2.33. The Balaban J connectivity index is 3.11. The number of hydrogen-bond donors (Lipinski definition) is 2. The molecule has 0 amide bonds. The molecule has 0 saturated carbocycles. The van der Waals surface area contributed by atoms with Gasteiger partial charge < -0.3 is 14.8 Å². The van der Waals surface area contributed by atoms with Crippen molar-refractivity contribution in [2.45, 2.75) is 6.36 Å². The zero-order valence-electron chi connectivity index (χ0n) is 7.42. The molecule has 0 saturated heterocycles. The Labute approximate surface area is 92.4 Å². The molecule has 1 rings (SSSR count). The van der Waals surface area contributed by atoms with Crippen LogP contribution in [0.1, 0.15) is 0 Å². The van der Waals surface area contributed by atoms with E-state index in [-0.39, 0.29) is 0 Å². The van der Waals surface area contributed by atoms with Gasteiger partial charge in [0.25, 0.3) is 0 Å². The van der Waals surface area contributed by atoms with Crippen LogP contribution in [-0.4, -0.2) is 23.5 Å². The summed E-state index contributed by atoms with van der Waals surface area (Å²) in [4.78, 5) is 0. The van der Waals surface area contributed by atoms with Crippen molar-refractivity contribution in [2.24, 2.45) is 0 Å². The fourth-order valence-electron chi connectivity index (χ4n) is 0.945. The summed E-state index contributed by atoms with van der Waals surface area (Å²) in [5.41, 5.74) is -0.450. The second-order valence-electron chi connectivity index (χ2n) is 2.73. The molecular weight excluding hydrogens is 254 g/mol.